The van der Waals surface area contributed by atoms with Gasteiger partial charge >= 0.3 is 0 Å². The molecule has 1 unspecified atom stereocenters. The van der Waals surface area contributed by atoms with Crippen molar-refractivity contribution in [2.75, 3.05) is 13.2 Å². The van der Waals surface area contributed by atoms with Gasteiger partial charge in [-0.25, -0.2) is 0 Å². The molecule has 0 aliphatic heterocycles. The van der Waals surface area contributed by atoms with Crippen LogP contribution in [0, 0.1) is 5.92 Å². The predicted molar refractivity (Wildman–Crippen MR) is 61.5 cm³/mol. The fraction of sp³-hybridized carbons (Fsp3) is 0.636. The van der Waals surface area contributed by atoms with Gasteiger partial charge in [-0.2, -0.15) is 11.3 Å². The third kappa shape index (κ3) is 4.22. The van der Waals surface area contributed by atoms with Crippen LogP contribution in [0.15, 0.2) is 16.8 Å². The van der Waals surface area contributed by atoms with Crippen molar-refractivity contribution in [1.82, 2.24) is 5.32 Å². The Bertz CT molecular complexity index is 223. The smallest absolute Gasteiger partial charge is 0.0434 e. The first kappa shape index (κ1) is 11.7. The lowest BCUT2D eigenvalue weighted by Gasteiger charge is -2.13. The Morgan fingerprint density at radius 3 is 3.00 bits per heavy atom. The molecular weight excluding hydrogens is 194 g/mol. The van der Waals surface area contributed by atoms with Crippen LogP contribution in [0.4, 0.5) is 0 Å². The minimum absolute atomic E-state index is 0.304. The largest absolute Gasteiger partial charge is 0.396 e. The van der Waals surface area contributed by atoms with E-state index in [0.29, 0.717) is 12.5 Å². The van der Waals surface area contributed by atoms with Crippen LogP contribution in [0.25, 0.3) is 0 Å². The minimum Gasteiger partial charge on any atom is -0.396 e. The number of hydrogen-bond acceptors (Lipinski definition) is 3. The molecule has 0 amide bonds. The zero-order valence-corrected chi connectivity index (χ0v) is 9.52. The van der Waals surface area contributed by atoms with E-state index in [-0.39, 0.29) is 0 Å². The lowest BCUT2D eigenvalue weighted by molar-refractivity contribution is 0.251. The fourth-order valence-corrected chi connectivity index (χ4v) is 2.12. The molecule has 0 bridgehead atoms. The van der Waals surface area contributed by atoms with Crippen LogP contribution in [-0.2, 0) is 6.54 Å². The maximum atomic E-state index is 8.82. The Kier molecular flexibility index (Phi) is 5.83. The van der Waals surface area contributed by atoms with Crippen LogP contribution in [0.5, 0.6) is 0 Å². The van der Waals surface area contributed by atoms with Gasteiger partial charge in [0.2, 0.25) is 0 Å². The lowest BCUT2D eigenvalue weighted by atomic mass is 10.0. The predicted octanol–water partition coefficient (Wildman–Crippen LogP) is 2.25. The molecule has 0 spiro atoms. The van der Waals surface area contributed by atoms with E-state index in [9.17, 15) is 0 Å². The fourth-order valence-electron chi connectivity index (χ4n) is 1.45. The Labute approximate surface area is 90.0 Å². The molecule has 0 aliphatic carbocycles. The van der Waals surface area contributed by atoms with Gasteiger partial charge in [-0.1, -0.05) is 13.3 Å². The Morgan fingerprint density at radius 1 is 1.57 bits per heavy atom. The second kappa shape index (κ2) is 6.98. The van der Waals surface area contributed by atoms with Gasteiger partial charge < -0.3 is 10.4 Å². The number of aliphatic hydroxyl groups excluding tert-OH is 1. The van der Waals surface area contributed by atoms with Gasteiger partial charge in [0.05, 0.1) is 0 Å². The number of thiophene rings is 1. The van der Waals surface area contributed by atoms with Gasteiger partial charge in [0, 0.05) is 13.2 Å². The minimum atomic E-state index is 0.304. The summed E-state index contributed by atoms with van der Waals surface area (Å²) in [7, 11) is 0. The Balaban J connectivity index is 2.13. The van der Waals surface area contributed by atoms with Crippen LogP contribution < -0.4 is 5.32 Å². The summed E-state index contributed by atoms with van der Waals surface area (Å²) in [5.41, 5.74) is 1.36. The summed E-state index contributed by atoms with van der Waals surface area (Å²) in [6, 6.07) is 2.14. The molecule has 1 atom stereocenters. The number of aliphatic hydroxyl groups is 1. The second-order valence-corrected chi connectivity index (χ2v) is 4.33. The first-order chi connectivity index (χ1) is 6.86. The summed E-state index contributed by atoms with van der Waals surface area (Å²) in [6.07, 6.45) is 2.05. The van der Waals surface area contributed by atoms with E-state index in [2.05, 4.69) is 29.1 Å². The maximum Gasteiger partial charge on any atom is 0.0434 e. The van der Waals surface area contributed by atoms with Gasteiger partial charge in [-0.15, -0.1) is 0 Å². The zero-order valence-electron chi connectivity index (χ0n) is 8.70. The third-order valence-electron chi connectivity index (χ3n) is 2.46. The summed E-state index contributed by atoms with van der Waals surface area (Å²) >= 11 is 1.73. The molecule has 2 N–H and O–H groups in total. The number of nitrogens with one attached hydrogen (secondary N) is 1. The molecular formula is C11H19NOS. The van der Waals surface area contributed by atoms with Crippen LogP contribution in [0.1, 0.15) is 25.3 Å². The molecule has 0 radical (unpaired) electrons. The SMILES string of the molecule is CCC(CCO)CNCc1ccsc1. The highest BCUT2D eigenvalue weighted by Gasteiger charge is 2.04. The first-order valence-electron chi connectivity index (χ1n) is 5.19. The van der Waals surface area contributed by atoms with E-state index < -0.39 is 0 Å². The molecule has 80 valence electrons. The molecule has 1 aromatic rings. The van der Waals surface area contributed by atoms with Crippen molar-refractivity contribution in [3.63, 3.8) is 0 Å². The number of hydrogen-bond donors (Lipinski definition) is 2. The first-order valence-corrected chi connectivity index (χ1v) is 6.13. The van der Waals surface area contributed by atoms with Crippen LogP contribution >= 0.6 is 11.3 Å². The second-order valence-electron chi connectivity index (χ2n) is 3.55. The van der Waals surface area contributed by atoms with E-state index in [1.54, 1.807) is 11.3 Å². The highest BCUT2D eigenvalue weighted by molar-refractivity contribution is 7.07. The Hall–Kier alpha value is -0.380. The van der Waals surface area contributed by atoms with Crippen LogP contribution in [0.2, 0.25) is 0 Å². The molecule has 0 aliphatic rings. The molecule has 3 heteroatoms. The molecule has 14 heavy (non-hydrogen) atoms. The van der Waals surface area contributed by atoms with Crippen molar-refractivity contribution >= 4 is 11.3 Å². The van der Waals surface area contributed by atoms with Gasteiger partial charge in [-0.05, 0) is 41.3 Å². The van der Waals surface area contributed by atoms with Gasteiger partial charge in [0.1, 0.15) is 0 Å². The summed E-state index contributed by atoms with van der Waals surface area (Å²) in [5.74, 6) is 0.610. The average Bonchev–Trinajstić information content (AvgIpc) is 2.69. The molecule has 1 rings (SSSR count). The van der Waals surface area contributed by atoms with Crippen LogP contribution in [0.3, 0.4) is 0 Å². The third-order valence-corrected chi connectivity index (χ3v) is 3.19. The normalized spacial score (nSPS) is 13.0. The maximum absolute atomic E-state index is 8.82. The zero-order chi connectivity index (χ0) is 10.2. The monoisotopic (exact) mass is 213 g/mol. The summed E-state index contributed by atoms with van der Waals surface area (Å²) in [6.45, 7) is 4.43. The molecule has 0 saturated heterocycles. The van der Waals surface area contributed by atoms with E-state index in [1.807, 2.05) is 0 Å². The van der Waals surface area contributed by atoms with E-state index in [4.69, 9.17) is 5.11 Å². The van der Waals surface area contributed by atoms with Crippen molar-refractivity contribution in [2.24, 2.45) is 5.92 Å². The van der Waals surface area contributed by atoms with Crippen molar-refractivity contribution in [2.45, 2.75) is 26.3 Å². The van der Waals surface area contributed by atoms with Crippen molar-refractivity contribution in [1.29, 1.82) is 0 Å². The highest BCUT2D eigenvalue weighted by atomic mass is 32.1. The summed E-state index contributed by atoms with van der Waals surface area (Å²) < 4.78 is 0. The topological polar surface area (TPSA) is 32.3 Å². The standard InChI is InChI=1S/C11H19NOS/c1-2-10(3-5-13)7-12-8-11-4-6-14-9-11/h4,6,9-10,12-13H,2-3,5,7-8H2,1H3. The highest BCUT2D eigenvalue weighted by Crippen LogP contribution is 2.08. The number of rotatable bonds is 7. The molecule has 0 fully saturated rings. The van der Waals surface area contributed by atoms with Gasteiger partial charge in [0.25, 0.3) is 0 Å². The molecule has 2 nitrogen and oxygen atoms in total. The van der Waals surface area contributed by atoms with Gasteiger partial charge in [-0.3, -0.25) is 0 Å². The molecule has 0 aromatic carbocycles. The van der Waals surface area contributed by atoms with E-state index >= 15 is 0 Å². The molecule has 1 heterocycles. The van der Waals surface area contributed by atoms with Crippen molar-refractivity contribution in [3.05, 3.63) is 22.4 Å². The molecule has 0 saturated carbocycles. The van der Waals surface area contributed by atoms with Gasteiger partial charge in [0.15, 0.2) is 0 Å². The lowest BCUT2D eigenvalue weighted by Crippen LogP contribution is -2.22. The summed E-state index contributed by atoms with van der Waals surface area (Å²) in [4.78, 5) is 0. The Morgan fingerprint density at radius 2 is 2.43 bits per heavy atom. The van der Waals surface area contributed by atoms with Crippen molar-refractivity contribution < 1.29 is 5.11 Å². The van der Waals surface area contributed by atoms with Crippen molar-refractivity contribution in [3.8, 4) is 0 Å². The van der Waals surface area contributed by atoms with E-state index in [1.165, 1.54) is 5.56 Å². The van der Waals surface area contributed by atoms with E-state index in [0.717, 1.165) is 25.9 Å². The average molecular weight is 213 g/mol. The van der Waals surface area contributed by atoms with Crippen LogP contribution in [-0.4, -0.2) is 18.3 Å². The quantitative estimate of drug-likeness (QED) is 0.728. The molecule has 1 aromatic heterocycles. The summed E-state index contributed by atoms with van der Waals surface area (Å²) in [5, 5.41) is 16.5.